The van der Waals surface area contributed by atoms with Gasteiger partial charge in [0.15, 0.2) is 0 Å². The van der Waals surface area contributed by atoms with Gasteiger partial charge in [0, 0.05) is 65.6 Å². The summed E-state index contributed by atoms with van der Waals surface area (Å²) < 4.78 is 7.45. The Morgan fingerprint density at radius 2 is 0.643 bits per heavy atom. The average molecular weight is 1070 g/mol. The van der Waals surface area contributed by atoms with Crippen molar-refractivity contribution >= 4 is 65.4 Å². The van der Waals surface area contributed by atoms with E-state index in [0.717, 1.165) is 17.1 Å². The van der Waals surface area contributed by atoms with E-state index in [-0.39, 0.29) is 16.2 Å². The molecule has 0 spiro atoms. The molecule has 12 aromatic carbocycles. The summed E-state index contributed by atoms with van der Waals surface area (Å²) in [4.78, 5) is 0. The maximum absolute atomic E-state index is 2.55. The quantitative estimate of drug-likeness (QED) is 0.163. The van der Waals surface area contributed by atoms with Gasteiger partial charge in [0.25, 0.3) is 0 Å². The standard InChI is InChI=1S/C81H59N3/c1-79(2)66-29-15-11-23-56(66)60-44-69-63(45-68(60)79)77-53(26-18-30-67(77)81(69,5)6)48-34-40-52(41-35-48)84-73-33-19-27-54(78(73)64-43-62-58-25-13-16-31-71(58)82(75(62)47-76(64)84)50-20-8-7-9-21-50)49-36-38-51(39-37-49)83-72-32-17-12-24-57(72)61-42-59-55-22-10-14-28-65(55)80(3,4)70(59)46-74(61)83/h7-47H,1-6H3. The molecule has 3 aliphatic rings. The molecule has 0 atom stereocenters. The molecule has 398 valence electrons. The first-order chi connectivity index (χ1) is 40.9. The maximum atomic E-state index is 2.55. The van der Waals surface area contributed by atoms with Crippen LogP contribution < -0.4 is 0 Å². The summed E-state index contributed by atoms with van der Waals surface area (Å²) >= 11 is 0. The molecule has 0 amide bonds. The fourth-order valence-electron chi connectivity index (χ4n) is 16.1. The first-order valence-electron chi connectivity index (χ1n) is 29.8. The van der Waals surface area contributed by atoms with Crippen molar-refractivity contribution in [3.8, 4) is 72.7 Å². The summed E-state index contributed by atoms with van der Waals surface area (Å²) in [7, 11) is 0. The highest BCUT2D eigenvalue weighted by molar-refractivity contribution is 6.22. The van der Waals surface area contributed by atoms with Crippen LogP contribution in [0.15, 0.2) is 249 Å². The molecule has 3 aromatic heterocycles. The number of aromatic nitrogens is 3. The molecule has 0 saturated carbocycles. The first kappa shape index (κ1) is 47.7. The largest absolute Gasteiger partial charge is 0.309 e. The summed E-state index contributed by atoms with van der Waals surface area (Å²) in [5.74, 6) is 0. The number of benzene rings is 12. The molecule has 0 fully saturated rings. The second-order valence-electron chi connectivity index (χ2n) is 25.6. The molecule has 3 aliphatic carbocycles. The summed E-state index contributed by atoms with van der Waals surface area (Å²) in [5.41, 5.74) is 31.7. The van der Waals surface area contributed by atoms with Crippen LogP contribution in [0.5, 0.6) is 0 Å². The number of para-hydroxylation sites is 3. The Hall–Kier alpha value is -9.96. The van der Waals surface area contributed by atoms with E-state index in [9.17, 15) is 0 Å². The smallest absolute Gasteiger partial charge is 0.0562 e. The minimum absolute atomic E-state index is 0.0862. The number of nitrogens with zero attached hydrogens (tertiary/aromatic N) is 3. The van der Waals surface area contributed by atoms with Gasteiger partial charge in [-0.15, -0.1) is 0 Å². The van der Waals surface area contributed by atoms with E-state index in [0.29, 0.717) is 0 Å². The molecule has 0 N–H and O–H groups in total. The molecular weight excluding hydrogens is 1010 g/mol. The average Bonchev–Trinajstić information content (AvgIpc) is 2.08. The molecule has 0 radical (unpaired) electrons. The van der Waals surface area contributed by atoms with E-state index in [2.05, 4.69) is 304 Å². The summed E-state index contributed by atoms with van der Waals surface area (Å²) in [6.45, 7) is 14.4. The van der Waals surface area contributed by atoms with Crippen LogP contribution >= 0.6 is 0 Å². The van der Waals surface area contributed by atoms with Gasteiger partial charge < -0.3 is 13.7 Å². The molecule has 0 saturated heterocycles. The van der Waals surface area contributed by atoms with Gasteiger partial charge in [-0.25, -0.2) is 0 Å². The van der Waals surface area contributed by atoms with Crippen molar-refractivity contribution in [1.82, 2.24) is 13.7 Å². The minimum atomic E-state index is -0.151. The Bertz CT molecular complexity index is 5360. The maximum Gasteiger partial charge on any atom is 0.0562 e. The molecule has 3 nitrogen and oxygen atoms in total. The summed E-state index contributed by atoms with van der Waals surface area (Å²) in [5, 5.41) is 7.51. The molecule has 3 heteroatoms. The lowest BCUT2D eigenvalue weighted by Crippen LogP contribution is -2.16. The van der Waals surface area contributed by atoms with Crippen LogP contribution in [0.2, 0.25) is 0 Å². The molecule has 0 bridgehead atoms. The zero-order valence-corrected chi connectivity index (χ0v) is 48.0. The van der Waals surface area contributed by atoms with Gasteiger partial charge in [0.2, 0.25) is 0 Å². The van der Waals surface area contributed by atoms with Crippen LogP contribution in [0.1, 0.15) is 74.9 Å². The first-order valence-corrected chi connectivity index (χ1v) is 29.8. The third kappa shape index (κ3) is 6.21. The van der Waals surface area contributed by atoms with Crippen molar-refractivity contribution in [3.05, 3.63) is 282 Å². The Morgan fingerprint density at radius 3 is 1.30 bits per heavy atom. The fourth-order valence-corrected chi connectivity index (χ4v) is 16.1. The van der Waals surface area contributed by atoms with Crippen molar-refractivity contribution < 1.29 is 0 Å². The zero-order chi connectivity index (χ0) is 56.1. The van der Waals surface area contributed by atoms with Crippen molar-refractivity contribution in [2.75, 3.05) is 0 Å². The van der Waals surface area contributed by atoms with E-state index in [1.807, 2.05) is 0 Å². The predicted octanol–water partition coefficient (Wildman–Crippen LogP) is 21.2. The minimum Gasteiger partial charge on any atom is -0.309 e. The zero-order valence-electron chi connectivity index (χ0n) is 48.0. The van der Waals surface area contributed by atoms with Gasteiger partial charge in [-0.1, -0.05) is 199 Å². The number of fused-ring (bicyclic) bond motifs is 18. The molecule has 84 heavy (non-hydrogen) atoms. The molecule has 3 heterocycles. The van der Waals surface area contributed by atoms with Gasteiger partial charge in [-0.05, 0) is 180 Å². The Balaban J connectivity index is 0.816. The van der Waals surface area contributed by atoms with Crippen molar-refractivity contribution in [2.24, 2.45) is 0 Å². The van der Waals surface area contributed by atoms with E-state index in [4.69, 9.17) is 0 Å². The Kier molecular flexibility index (Phi) is 9.43. The molecule has 0 aliphatic heterocycles. The highest BCUT2D eigenvalue weighted by Crippen LogP contribution is 2.58. The van der Waals surface area contributed by atoms with Crippen LogP contribution in [0.4, 0.5) is 0 Å². The van der Waals surface area contributed by atoms with Gasteiger partial charge in [-0.2, -0.15) is 0 Å². The van der Waals surface area contributed by atoms with Gasteiger partial charge in [0.1, 0.15) is 0 Å². The second kappa shape index (κ2) is 16.6. The molecule has 15 aromatic rings. The van der Waals surface area contributed by atoms with Gasteiger partial charge in [-0.3, -0.25) is 0 Å². The number of rotatable bonds is 5. The second-order valence-corrected chi connectivity index (χ2v) is 25.6. The van der Waals surface area contributed by atoms with Crippen molar-refractivity contribution in [3.63, 3.8) is 0 Å². The lowest BCUT2D eigenvalue weighted by atomic mass is 9.79. The van der Waals surface area contributed by atoms with Gasteiger partial charge in [0.05, 0.1) is 33.1 Å². The molecule has 18 rings (SSSR count). The lowest BCUT2D eigenvalue weighted by Gasteiger charge is -2.24. The van der Waals surface area contributed by atoms with Crippen LogP contribution in [0.3, 0.4) is 0 Å². The Morgan fingerprint density at radius 1 is 0.226 bits per heavy atom. The normalized spacial score (nSPS) is 14.8. The number of hydrogen-bond acceptors (Lipinski definition) is 0. The van der Waals surface area contributed by atoms with Gasteiger partial charge >= 0.3 is 0 Å². The fraction of sp³-hybridized carbons (Fsp3) is 0.111. The van der Waals surface area contributed by atoms with Crippen LogP contribution in [0, 0.1) is 0 Å². The predicted molar refractivity (Wildman–Crippen MR) is 353 cm³/mol. The highest BCUT2D eigenvalue weighted by atomic mass is 15.0. The highest BCUT2D eigenvalue weighted by Gasteiger charge is 2.43. The van der Waals surface area contributed by atoms with Crippen molar-refractivity contribution in [2.45, 2.75) is 57.8 Å². The summed E-state index contributed by atoms with van der Waals surface area (Å²) in [6.07, 6.45) is 0. The topological polar surface area (TPSA) is 14.8 Å². The van der Waals surface area contributed by atoms with E-state index >= 15 is 0 Å². The molecular formula is C81H59N3. The van der Waals surface area contributed by atoms with Crippen LogP contribution in [0.25, 0.3) is 138 Å². The summed E-state index contributed by atoms with van der Waals surface area (Å²) in [6, 6.07) is 94.3. The van der Waals surface area contributed by atoms with Crippen molar-refractivity contribution in [1.29, 1.82) is 0 Å². The lowest BCUT2D eigenvalue weighted by molar-refractivity contribution is 0.652. The monoisotopic (exact) mass is 1070 g/mol. The number of hydrogen-bond donors (Lipinski definition) is 0. The van der Waals surface area contributed by atoms with E-state index in [1.54, 1.807) is 0 Å². The molecule has 0 unspecified atom stereocenters. The SMILES string of the molecule is CC1(C)c2ccccc2-c2cc3c(cc21)-c1c(-c2ccc(-n4c5cc6c(cc5c5c(-c7ccc(-n8c9ccccc9c9cc%10c(cc98)C(C)(C)c8ccccc8-%10)cc7)cccc54)c4ccccc4n6-c4ccccc4)cc2)cccc1C3(C)C. The van der Waals surface area contributed by atoms with Crippen LogP contribution in [-0.2, 0) is 16.2 Å². The van der Waals surface area contributed by atoms with Crippen LogP contribution in [-0.4, -0.2) is 13.7 Å². The van der Waals surface area contributed by atoms with E-state index < -0.39 is 0 Å². The Labute approximate surface area is 489 Å². The third-order valence-electron chi connectivity index (χ3n) is 20.2. The third-order valence-corrected chi connectivity index (χ3v) is 20.2. The van der Waals surface area contributed by atoms with E-state index in [1.165, 1.54) is 154 Å².